The highest BCUT2D eigenvalue weighted by molar-refractivity contribution is 5.73. The summed E-state index contributed by atoms with van der Waals surface area (Å²) in [6.45, 7) is 0.0624. The van der Waals surface area contributed by atoms with Gasteiger partial charge in [-0.25, -0.2) is 4.98 Å². The van der Waals surface area contributed by atoms with Crippen LogP contribution in [0, 0.1) is 0 Å². The minimum atomic E-state index is 0.0624. The van der Waals surface area contributed by atoms with E-state index < -0.39 is 0 Å². The van der Waals surface area contributed by atoms with E-state index in [1.54, 1.807) is 6.33 Å². The van der Waals surface area contributed by atoms with Gasteiger partial charge in [0.1, 0.15) is 0 Å². The first-order chi connectivity index (χ1) is 5.74. The van der Waals surface area contributed by atoms with E-state index in [4.69, 9.17) is 5.11 Å². The first-order valence-electron chi connectivity index (χ1n) is 3.80. The molecule has 64 valence electrons. The van der Waals surface area contributed by atoms with Crippen molar-refractivity contribution >= 4 is 11.2 Å². The summed E-state index contributed by atoms with van der Waals surface area (Å²) in [5.41, 5.74) is 2.87. The van der Waals surface area contributed by atoms with Crippen LogP contribution in [0.25, 0.3) is 11.2 Å². The zero-order valence-electron chi connectivity index (χ0n) is 7.15. The molecule has 0 amide bonds. The minimum absolute atomic E-state index is 0.0624. The average molecular weight is 165 g/mol. The number of aliphatic hydroxyl groups excluding tert-OH is 1. The van der Waals surface area contributed by atoms with Gasteiger partial charge in [0.25, 0.3) is 0 Å². The van der Waals surface area contributed by atoms with Crippen molar-refractivity contribution < 1.29 is 5.11 Å². The molecule has 0 aliphatic carbocycles. The maximum atomic E-state index is 8.97. The Morgan fingerprint density at radius 2 is 2.25 bits per heavy atom. The van der Waals surface area contributed by atoms with Crippen LogP contribution in [0.5, 0.6) is 0 Å². The smallest absolute Gasteiger partial charge is 0.158 e. The molecule has 0 fully saturated rings. The largest absolute Gasteiger partial charge is 0.390 e. The van der Waals surface area contributed by atoms with Crippen LogP contribution in [0.15, 0.2) is 12.4 Å². The van der Waals surface area contributed by atoms with E-state index in [9.17, 15) is 0 Å². The molecular formula is C8H11N3O. The second kappa shape index (κ2) is 2.35. The molecule has 2 aromatic rings. The van der Waals surface area contributed by atoms with Crippen LogP contribution in [0.2, 0.25) is 0 Å². The molecule has 0 unspecified atom stereocenters. The van der Waals surface area contributed by atoms with Crippen molar-refractivity contribution in [2.24, 2.45) is 14.1 Å². The predicted octanol–water partition coefficient (Wildman–Crippen LogP) is 0.404. The molecule has 0 atom stereocenters. The van der Waals surface area contributed by atoms with Crippen LogP contribution in [0.3, 0.4) is 0 Å². The third kappa shape index (κ3) is 0.783. The van der Waals surface area contributed by atoms with Crippen molar-refractivity contribution in [3.05, 3.63) is 18.1 Å². The van der Waals surface area contributed by atoms with Gasteiger partial charge in [-0.2, -0.15) is 0 Å². The zero-order chi connectivity index (χ0) is 8.72. The third-order valence-electron chi connectivity index (χ3n) is 2.18. The maximum absolute atomic E-state index is 8.97. The van der Waals surface area contributed by atoms with Gasteiger partial charge in [-0.15, -0.1) is 0 Å². The lowest BCUT2D eigenvalue weighted by Crippen LogP contribution is -1.95. The fraction of sp³-hybridized carbons (Fsp3) is 0.375. The Bertz CT molecular complexity index is 413. The number of fused-ring (bicyclic) bond motifs is 1. The zero-order valence-corrected chi connectivity index (χ0v) is 7.15. The molecule has 1 N–H and O–H groups in total. The first kappa shape index (κ1) is 7.36. The second-order valence-electron chi connectivity index (χ2n) is 2.92. The average Bonchev–Trinajstić information content (AvgIpc) is 2.55. The number of aromatic nitrogens is 3. The summed E-state index contributed by atoms with van der Waals surface area (Å²) < 4.78 is 3.84. The van der Waals surface area contributed by atoms with E-state index in [2.05, 4.69) is 4.98 Å². The van der Waals surface area contributed by atoms with Gasteiger partial charge >= 0.3 is 0 Å². The number of rotatable bonds is 1. The van der Waals surface area contributed by atoms with Crippen LogP contribution in [0.4, 0.5) is 0 Å². The lowest BCUT2D eigenvalue weighted by atomic mass is 10.4. The summed E-state index contributed by atoms with van der Waals surface area (Å²) in [6, 6.07) is 1.95. The van der Waals surface area contributed by atoms with E-state index in [1.165, 1.54) is 0 Å². The standard InChI is InChI=1S/C8H11N3O/c1-10-5-9-8-7(10)3-6(4-12)11(8)2/h3,5,12H,4H2,1-2H3. The van der Waals surface area contributed by atoms with Gasteiger partial charge < -0.3 is 14.2 Å². The molecule has 2 aromatic heterocycles. The van der Waals surface area contributed by atoms with Crippen LogP contribution in [0.1, 0.15) is 5.69 Å². The van der Waals surface area contributed by atoms with Crippen LogP contribution in [-0.4, -0.2) is 19.2 Å². The summed E-state index contributed by atoms with van der Waals surface area (Å²) in [5, 5.41) is 8.97. The molecule has 4 heteroatoms. The highest BCUT2D eigenvalue weighted by Gasteiger charge is 2.07. The number of imidazole rings is 1. The van der Waals surface area contributed by atoms with E-state index in [0.29, 0.717) is 0 Å². The Morgan fingerprint density at radius 3 is 2.83 bits per heavy atom. The SMILES string of the molecule is Cn1cnc2c1cc(CO)n2C. The molecule has 0 aliphatic heterocycles. The van der Waals surface area contributed by atoms with Crippen molar-refractivity contribution in [2.45, 2.75) is 6.61 Å². The second-order valence-corrected chi connectivity index (χ2v) is 2.92. The van der Waals surface area contributed by atoms with E-state index in [1.807, 2.05) is 29.3 Å². The van der Waals surface area contributed by atoms with Crippen LogP contribution >= 0.6 is 0 Å². The molecule has 0 saturated carbocycles. The number of aryl methyl sites for hydroxylation is 2. The Morgan fingerprint density at radius 1 is 1.50 bits per heavy atom. The van der Waals surface area contributed by atoms with E-state index in [0.717, 1.165) is 16.9 Å². The molecule has 0 spiro atoms. The van der Waals surface area contributed by atoms with E-state index in [-0.39, 0.29) is 6.61 Å². The van der Waals surface area contributed by atoms with Crippen molar-refractivity contribution in [1.29, 1.82) is 0 Å². The Kier molecular flexibility index (Phi) is 1.44. The predicted molar refractivity (Wildman–Crippen MR) is 45.6 cm³/mol. The molecule has 0 aromatic carbocycles. The fourth-order valence-electron chi connectivity index (χ4n) is 1.39. The Hall–Kier alpha value is -1.29. The molecule has 4 nitrogen and oxygen atoms in total. The molecule has 0 bridgehead atoms. The lowest BCUT2D eigenvalue weighted by Gasteiger charge is -1.96. The number of hydrogen-bond donors (Lipinski definition) is 1. The van der Waals surface area contributed by atoms with Gasteiger partial charge in [-0.1, -0.05) is 0 Å². The number of hydrogen-bond acceptors (Lipinski definition) is 2. The topological polar surface area (TPSA) is 43.0 Å². The van der Waals surface area contributed by atoms with Crippen LogP contribution < -0.4 is 0 Å². The van der Waals surface area contributed by atoms with Gasteiger partial charge in [0, 0.05) is 19.8 Å². The maximum Gasteiger partial charge on any atom is 0.158 e. The monoisotopic (exact) mass is 165 g/mol. The van der Waals surface area contributed by atoms with Crippen molar-refractivity contribution in [2.75, 3.05) is 0 Å². The molecule has 0 aliphatic rings. The Balaban J connectivity index is 2.79. The molecule has 2 heterocycles. The first-order valence-corrected chi connectivity index (χ1v) is 3.80. The fourth-order valence-corrected chi connectivity index (χ4v) is 1.39. The highest BCUT2D eigenvalue weighted by atomic mass is 16.3. The summed E-state index contributed by atoms with van der Waals surface area (Å²) in [7, 11) is 3.84. The molecule has 0 saturated heterocycles. The van der Waals surface area contributed by atoms with Gasteiger partial charge in [0.2, 0.25) is 0 Å². The Labute approximate surface area is 70.1 Å². The number of nitrogens with zero attached hydrogens (tertiary/aromatic N) is 3. The highest BCUT2D eigenvalue weighted by Crippen LogP contribution is 2.15. The summed E-state index contributed by atoms with van der Waals surface area (Å²) in [6.07, 6.45) is 1.77. The quantitative estimate of drug-likeness (QED) is 0.664. The van der Waals surface area contributed by atoms with Gasteiger partial charge in [-0.3, -0.25) is 0 Å². The van der Waals surface area contributed by atoms with Gasteiger partial charge in [-0.05, 0) is 6.07 Å². The van der Waals surface area contributed by atoms with Crippen molar-refractivity contribution in [1.82, 2.24) is 14.1 Å². The number of aliphatic hydroxyl groups is 1. The molecule has 0 radical (unpaired) electrons. The molecular weight excluding hydrogens is 154 g/mol. The lowest BCUT2D eigenvalue weighted by molar-refractivity contribution is 0.273. The normalized spacial score (nSPS) is 11.2. The van der Waals surface area contributed by atoms with Crippen LogP contribution in [-0.2, 0) is 20.7 Å². The minimum Gasteiger partial charge on any atom is -0.390 e. The van der Waals surface area contributed by atoms with Crippen molar-refractivity contribution in [3.8, 4) is 0 Å². The third-order valence-corrected chi connectivity index (χ3v) is 2.18. The van der Waals surface area contributed by atoms with Gasteiger partial charge in [0.15, 0.2) is 5.65 Å². The molecule has 12 heavy (non-hydrogen) atoms. The van der Waals surface area contributed by atoms with Gasteiger partial charge in [0.05, 0.1) is 18.5 Å². The summed E-state index contributed by atoms with van der Waals surface area (Å²) >= 11 is 0. The van der Waals surface area contributed by atoms with Crippen molar-refractivity contribution in [3.63, 3.8) is 0 Å². The summed E-state index contributed by atoms with van der Waals surface area (Å²) in [4.78, 5) is 4.20. The molecule has 2 rings (SSSR count). The summed E-state index contributed by atoms with van der Waals surface area (Å²) in [5.74, 6) is 0. The van der Waals surface area contributed by atoms with E-state index >= 15 is 0 Å².